The van der Waals surface area contributed by atoms with Crippen LogP contribution in [-0.4, -0.2) is 33.3 Å². The highest BCUT2D eigenvalue weighted by Gasteiger charge is 2.09. The number of carbonyl (C=O) groups excluding carboxylic acids is 1. The molecule has 0 spiro atoms. The van der Waals surface area contributed by atoms with Crippen molar-refractivity contribution in [3.63, 3.8) is 0 Å². The van der Waals surface area contributed by atoms with Crippen molar-refractivity contribution in [1.29, 1.82) is 0 Å². The van der Waals surface area contributed by atoms with E-state index in [4.69, 9.17) is 0 Å². The van der Waals surface area contributed by atoms with Gasteiger partial charge in [0.2, 0.25) is 5.16 Å². The summed E-state index contributed by atoms with van der Waals surface area (Å²) in [7, 11) is 1.37. The summed E-state index contributed by atoms with van der Waals surface area (Å²) in [6, 6.07) is 11.4. The molecule has 2 heterocycles. The lowest BCUT2D eigenvalue weighted by atomic mass is 10.1. The quantitative estimate of drug-likeness (QED) is 0.505. The summed E-state index contributed by atoms with van der Waals surface area (Å²) < 4.78 is 6.48. The molecule has 0 bridgehead atoms. The summed E-state index contributed by atoms with van der Waals surface area (Å²) in [5, 5.41) is 14.7. The average Bonchev–Trinajstić information content (AvgIpc) is 3.25. The van der Waals surface area contributed by atoms with Gasteiger partial charge in [-0.15, -0.1) is 16.4 Å². The molecule has 6 nitrogen and oxygen atoms in total. The van der Waals surface area contributed by atoms with E-state index in [1.165, 1.54) is 12.0 Å². The Morgan fingerprint density at radius 1 is 1.30 bits per heavy atom. The molecular formula is C15H14N4O2S2. The third kappa shape index (κ3) is 3.96. The molecule has 0 fully saturated rings. The van der Waals surface area contributed by atoms with E-state index in [-0.39, 0.29) is 5.97 Å². The van der Waals surface area contributed by atoms with E-state index >= 15 is 0 Å². The van der Waals surface area contributed by atoms with Crippen LogP contribution in [-0.2, 0) is 17.0 Å². The molecule has 0 saturated carbocycles. The number of hydrogen-bond donors (Lipinski definition) is 0. The number of aromatic nitrogens is 4. The van der Waals surface area contributed by atoms with Crippen LogP contribution in [0.3, 0.4) is 0 Å². The number of carbonyl (C=O) groups is 1. The molecule has 3 rings (SSSR count). The molecule has 2 aromatic heterocycles. The van der Waals surface area contributed by atoms with Crippen LogP contribution in [0.5, 0.6) is 0 Å². The number of esters is 1. The minimum Gasteiger partial charge on any atom is -0.465 e. The van der Waals surface area contributed by atoms with Crippen molar-refractivity contribution in [2.45, 2.75) is 17.5 Å². The predicted octanol–water partition coefficient (Wildman–Crippen LogP) is 2.86. The number of benzene rings is 1. The van der Waals surface area contributed by atoms with Crippen molar-refractivity contribution in [3.8, 4) is 0 Å². The summed E-state index contributed by atoms with van der Waals surface area (Å²) in [6.07, 6.45) is 0. The Morgan fingerprint density at radius 3 is 2.83 bits per heavy atom. The zero-order chi connectivity index (χ0) is 16.1. The molecule has 0 amide bonds. The third-order valence-electron chi connectivity index (χ3n) is 3.13. The Kier molecular flexibility index (Phi) is 5.04. The van der Waals surface area contributed by atoms with Crippen molar-refractivity contribution in [2.24, 2.45) is 0 Å². The summed E-state index contributed by atoms with van der Waals surface area (Å²) >= 11 is 3.25. The molecule has 0 saturated heterocycles. The van der Waals surface area contributed by atoms with E-state index < -0.39 is 0 Å². The minimum atomic E-state index is -0.330. The Bertz CT molecular complexity index is 769. The van der Waals surface area contributed by atoms with E-state index in [1.54, 1.807) is 39.9 Å². The predicted molar refractivity (Wildman–Crippen MR) is 88.6 cm³/mol. The van der Waals surface area contributed by atoms with Crippen molar-refractivity contribution in [1.82, 2.24) is 20.2 Å². The zero-order valence-electron chi connectivity index (χ0n) is 12.4. The van der Waals surface area contributed by atoms with Gasteiger partial charge in [-0.05, 0) is 39.6 Å². The number of ether oxygens (including phenoxy) is 1. The molecule has 3 aromatic rings. The molecule has 0 aliphatic rings. The number of methoxy groups -OCH3 is 1. The van der Waals surface area contributed by atoms with Crippen LogP contribution in [0.4, 0.5) is 0 Å². The van der Waals surface area contributed by atoms with Gasteiger partial charge in [-0.25, -0.2) is 9.48 Å². The second kappa shape index (κ2) is 7.38. The number of thiophene rings is 1. The van der Waals surface area contributed by atoms with Crippen molar-refractivity contribution >= 4 is 29.1 Å². The summed E-state index contributed by atoms with van der Waals surface area (Å²) in [4.78, 5) is 12.6. The van der Waals surface area contributed by atoms with E-state index in [0.29, 0.717) is 12.1 Å². The molecule has 8 heteroatoms. The molecule has 0 N–H and O–H groups in total. The third-order valence-corrected chi connectivity index (χ3v) is 5.02. The maximum atomic E-state index is 11.4. The second-order valence-corrected chi connectivity index (χ2v) is 6.65. The van der Waals surface area contributed by atoms with Gasteiger partial charge in [0.15, 0.2) is 0 Å². The highest BCUT2D eigenvalue weighted by molar-refractivity contribution is 7.98. The molecule has 118 valence electrons. The van der Waals surface area contributed by atoms with Gasteiger partial charge in [-0.3, -0.25) is 0 Å². The smallest absolute Gasteiger partial charge is 0.337 e. The first-order valence-corrected chi connectivity index (χ1v) is 8.71. The molecule has 0 aliphatic heterocycles. The van der Waals surface area contributed by atoms with Crippen molar-refractivity contribution in [2.75, 3.05) is 7.11 Å². The number of hydrogen-bond acceptors (Lipinski definition) is 7. The molecular weight excluding hydrogens is 332 g/mol. The molecule has 0 aliphatic carbocycles. The van der Waals surface area contributed by atoms with Gasteiger partial charge in [0.25, 0.3) is 0 Å². The highest BCUT2D eigenvalue weighted by Crippen LogP contribution is 2.21. The van der Waals surface area contributed by atoms with Gasteiger partial charge in [-0.1, -0.05) is 30.0 Å². The lowest BCUT2D eigenvalue weighted by Gasteiger charge is -2.04. The molecule has 23 heavy (non-hydrogen) atoms. The van der Waals surface area contributed by atoms with Gasteiger partial charge in [0.05, 0.1) is 19.2 Å². The standard InChI is InChI=1S/C15H14N4O2S2/c1-21-14(20)12-6-4-11(5-7-12)10-23-15-16-17-18-19(15)9-13-3-2-8-22-13/h2-8H,9-10H2,1H3. The SMILES string of the molecule is COC(=O)c1ccc(CSc2nnnn2Cc2cccs2)cc1. The van der Waals surface area contributed by atoms with Crippen LogP contribution in [0.15, 0.2) is 46.9 Å². The largest absolute Gasteiger partial charge is 0.465 e. The average molecular weight is 346 g/mol. The van der Waals surface area contributed by atoms with Crippen molar-refractivity contribution in [3.05, 3.63) is 57.8 Å². The fourth-order valence-electron chi connectivity index (χ4n) is 1.95. The Labute approximate surface area is 141 Å². The van der Waals surface area contributed by atoms with Gasteiger partial charge >= 0.3 is 5.97 Å². The van der Waals surface area contributed by atoms with E-state index in [1.807, 2.05) is 23.6 Å². The fourth-order valence-corrected chi connectivity index (χ4v) is 3.47. The van der Waals surface area contributed by atoms with E-state index in [2.05, 4.69) is 26.3 Å². The summed E-state index contributed by atoms with van der Waals surface area (Å²) in [5.41, 5.74) is 1.64. The highest BCUT2D eigenvalue weighted by atomic mass is 32.2. The lowest BCUT2D eigenvalue weighted by molar-refractivity contribution is 0.0600. The second-order valence-electron chi connectivity index (χ2n) is 4.68. The monoisotopic (exact) mass is 346 g/mol. The fraction of sp³-hybridized carbons (Fsp3) is 0.200. The number of tetrazole rings is 1. The van der Waals surface area contributed by atoms with Crippen LogP contribution >= 0.6 is 23.1 Å². The summed E-state index contributed by atoms with van der Waals surface area (Å²) in [5.74, 6) is 0.399. The molecule has 1 aromatic carbocycles. The van der Waals surface area contributed by atoms with Gasteiger partial charge < -0.3 is 4.74 Å². The Hall–Kier alpha value is -2.19. The van der Waals surface area contributed by atoms with Crippen molar-refractivity contribution < 1.29 is 9.53 Å². The Balaban J connectivity index is 1.62. The molecule has 0 atom stereocenters. The van der Waals surface area contributed by atoms with Gasteiger partial charge in [0.1, 0.15) is 0 Å². The number of nitrogens with zero attached hydrogens (tertiary/aromatic N) is 4. The maximum Gasteiger partial charge on any atom is 0.337 e. The Morgan fingerprint density at radius 2 is 2.13 bits per heavy atom. The maximum absolute atomic E-state index is 11.4. The van der Waals surface area contributed by atoms with Gasteiger partial charge in [0, 0.05) is 10.6 Å². The van der Waals surface area contributed by atoms with Crippen LogP contribution in [0.25, 0.3) is 0 Å². The molecule has 0 unspecified atom stereocenters. The van der Waals surface area contributed by atoms with Gasteiger partial charge in [-0.2, -0.15) is 0 Å². The first kappa shape index (κ1) is 15.7. The van der Waals surface area contributed by atoms with Crippen LogP contribution in [0.2, 0.25) is 0 Å². The number of rotatable bonds is 6. The zero-order valence-corrected chi connectivity index (χ0v) is 14.0. The topological polar surface area (TPSA) is 69.9 Å². The lowest BCUT2D eigenvalue weighted by Crippen LogP contribution is -2.02. The van der Waals surface area contributed by atoms with Crippen LogP contribution in [0, 0.1) is 0 Å². The first-order valence-electron chi connectivity index (χ1n) is 6.85. The van der Waals surface area contributed by atoms with Crippen LogP contribution in [0.1, 0.15) is 20.8 Å². The normalized spacial score (nSPS) is 10.7. The number of thioether (sulfide) groups is 1. The van der Waals surface area contributed by atoms with Crippen LogP contribution < -0.4 is 0 Å². The first-order chi connectivity index (χ1) is 11.3. The molecule has 0 radical (unpaired) electrons. The van der Waals surface area contributed by atoms with E-state index in [0.717, 1.165) is 16.5 Å². The minimum absolute atomic E-state index is 0.330. The van der Waals surface area contributed by atoms with E-state index in [9.17, 15) is 4.79 Å². The summed E-state index contributed by atoms with van der Waals surface area (Å²) in [6.45, 7) is 0.675.